The van der Waals surface area contributed by atoms with E-state index in [9.17, 15) is 9.90 Å². The molecule has 3 heteroatoms. The maximum atomic E-state index is 11.7. The molecule has 0 bridgehead atoms. The predicted molar refractivity (Wildman–Crippen MR) is 60.5 cm³/mol. The monoisotopic (exact) mass is 214 g/mol. The molecule has 2 unspecified atom stereocenters. The first-order valence-electron chi connectivity index (χ1n) is 5.58. The Kier molecular flexibility index (Phi) is 6.25. The van der Waals surface area contributed by atoms with Crippen molar-refractivity contribution < 1.29 is 14.6 Å². The summed E-state index contributed by atoms with van der Waals surface area (Å²) in [4.78, 5) is 11.7. The van der Waals surface area contributed by atoms with Crippen molar-refractivity contribution in [1.82, 2.24) is 0 Å². The molecule has 0 saturated heterocycles. The lowest BCUT2D eigenvalue weighted by Crippen LogP contribution is -2.41. The molecule has 3 nitrogen and oxygen atoms in total. The second-order valence-corrected chi connectivity index (χ2v) is 3.64. The number of esters is 1. The maximum absolute atomic E-state index is 11.7. The summed E-state index contributed by atoms with van der Waals surface area (Å²) in [7, 11) is 0. The van der Waals surface area contributed by atoms with Crippen molar-refractivity contribution in [1.29, 1.82) is 0 Å². The van der Waals surface area contributed by atoms with Crippen LogP contribution in [0, 0.1) is 5.92 Å². The maximum Gasteiger partial charge on any atom is 0.312 e. The molecule has 0 amide bonds. The first-order valence-corrected chi connectivity index (χ1v) is 5.58. The van der Waals surface area contributed by atoms with Crippen molar-refractivity contribution in [2.24, 2.45) is 5.92 Å². The van der Waals surface area contributed by atoms with Crippen LogP contribution in [0.25, 0.3) is 0 Å². The van der Waals surface area contributed by atoms with E-state index in [0.717, 1.165) is 6.42 Å². The van der Waals surface area contributed by atoms with Crippen LogP contribution in [0.1, 0.15) is 40.0 Å². The molecule has 0 aromatic heterocycles. The van der Waals surface area contributed by atoms with Crippen LogP contribution in [0.3, 0.4) is 0 Å². The summed E-state index contributed by atoms with van der Waals surface area (Å²) in [6.07, 6.45) is 3.37. The molecule has 0 aliphatic heterocycles. The van der Waals surface area contributed by atoms with E-state index < -0.39 is 11.5 Å². The lowest BCUT2D eigenvalue weighted by molar-refractivity contribution is -0.156. The predicted octanol–water partition coefficient (Wildman–Crippen LogP) is 2.29. The second-order valence-electron chi connectivity index (χ2n) is 3.64. The average molecular weight is 214 g/mol. The van der Waals surface area contributed by atoms with Crippen molar-refractivity contribution in [2.75, 3.05) is 6.61 Å². The van der Waals surface area contributed by atoms with E-state index in [0.29, 0.717) is 19.4 Å². The molecule has 15 heavy (non-hydrogen) atoms. The van der Waals surface area contributed by atoms with Gasteiger partial charge in [-0.25, -0.2) is 0 Å². The Morgan fingerprint density at radius 3 is 2.47 bits per heavy atom. The van der Waals surface area contributed by atoms with E-state index >= 15 is 0 Å². The lowest BCUT2D eigenvalue weighted by Gasteiger charge is -2.30. The molecule has 2 atom stereocenters. The topological polar surface area (TPSA) is 46.5 Å². The highest BCUT2D eigenvalue weighted by Crippen LogP contribution is 2.28. The number of ether oxygens (including phenoxy) is 1. The molecule has 0 aromatic rings. The number of carbonyl (C=O) groups is 1. The van der Waals surface area contributed by atoms with Crippen LogP contribution >= 0.6 is 0 Å². The fourth-order valence-corrected chi connectivity index (χ4v) is 1.64. The quantitative estimate of drug-likeness (QED) is 0.522. The highest BCUT2D eigenvalue weighted by atomic mass is 16.5. The Morgan fingerprint density at radius 2 is 2.13 bits per heavy atom. The van der Waals surface area contributed by atoms with Gasteiger partial charge in [-0.2, -0.15) is 0 Å². The van der Waals surface area contributed by atoms with Crippen LogP contribution in [0.15, 0.2) is 12.7 Å². The van der Waals surface area contributed by atoms with Crippen LogP contribution in [0.4, 0.5) is 0 Å². The Labute approximate surface area is 92.1 Å². The molecule has 0 saturated carbocycles. The van der Waals surface area contributed by atoms with Gasteiger partial charge < -0.3 is 9.84 Å². The SMILES string of the molecule is C=CC(O)(CC)C(CCC)C(=O)OCC. The van der Waals surface area contributed by atoms with E-state index in [1.807, 2.05) is 13.8 Å². The second kappa shape index (κ2) is 6.62. The Morgan fingerprint density at radius 1 is 1.53 bits per heavy atom. The molecule has 0 aliphatic carbocycles. The highest BCUT2D eigenvalue weighted by molar-refractivity contribution is 5.74. The number of hydrogen-bond acceptors (Lipinski definition) is 3. The molecular weight excluding hydrogens is 192 g/mol. The van der Waals surface area contributed by atoms with Gasteiger partial charge in [-0.15, -0.1) is 6.58 Å². The van der Waals surface area contributed by atoms with Crippen molar-refractivity contribution in [2.45, 2.75) is 45.6 Å². The van der Waals surface area contributed by atoms with Gasteiger partial charge >= 0.3 is 5.97 Å². The van der Waals surface area contributed by atoms with E-state index in [-0.39, 0.29) is 5.97 Å². The molecule has 1 N–H and O–H groups in total. The summed E-state index contributed by atoms with van der Waals surface area (Å²) in [6, 6.07) is 0. The highest BCUT2D eigenvalue weighted by Gasteiger charge is 2.37. The summed E-state index contributed by atoms with van der Waals surface area (Å²) in [6.45, 7) is 9.51. The minimum atomic E-state index is -1.14. The van der Waals surface area contributed by atoms with Crippen LogP contribution in [-0.2, 0) is 9.53 Å². The molecule has 0 rings (SSSR count). The largest absolute Gasteiger partial charge is 0.466 e. The van der Waals surface area contributed by atoms with E-state index in [1.165, 1.54) is 6.08 Å². The van der Waals surface area contributed by atoms with Crippen LogP contribution in [0.5, 0.6) is 0 Å². The zero-order valence-corrected chi connectivity index (χ0v) is 9.95. The molecule has 0 radical (unpaired) electrons. The fraction of sp³-hybridized carbons (Fsp3) is 0.750. The molecule has 0 fully saturated rings. The van der Waals surface area contributed by atoms with E-state index in [2.05, 4.69) is 6.58 Å². The lowest BCUT2D eigenvalue weighted by atomic mass is 9.82. The van der Waals surface area contributed by atoms with Gasteiger partial charge in [0.25, 0.3) is 0 Å². The summed E-state index contributed by atoms with van der Waals surface area (Å²) in [5, 5.41) is 10.2. The van der Waals surface area contributed by atoms with Crippen molar-refractivity contribution in [3.8, 4) is 0 Å². The molecule has 88 valence electrons. The third-order valence-electron chi connectivity index (χ3n) is 2.67. The van der Waals surface area contributed by atoms with Crippen LogP contribution < -0.4 is 0 Å². The smallest absolute Gasteiger partial charge is 0.312 e. The van der Waals surface area contributed by atoms with E-state index in [4.69, 9.17) is 4.74 Å². The summed E-state index contributed by atoms with van der Waals surface area (Å²) >= 11 is 0. The van der Waals surface area contributed by atoms with Crippen molar-refractivity contribution in [3.63, 3.8) is 0 Å². The number of rotatable bonds is 7. The van der Waals surface area contributed by atoms with Crippen molar-refractivity contribution in [3.05, 3.63) is 12.7 Å². The third kappa shape index (κ3) is 3.67. The van der Waals surface area contributed by atoms with Gasteiger partial charge in [0.2, 0.25) is 0 Å². The number of hydrogen-bond donors (Lipinski definition) is 1. The van der Waals surface area contributed by atoms with Crippen LogP contribution in [-0.4, -0.2) is 23.3 Å². The third-order valence-corrected chi connectivity index (χ3v) is 2.67. The van der Waals surface area contributed by atoms with Gasteiger partial charge in [0.1, 0.15) is 0 Å². The Hall–Kier alpha value is -0.830. The fourth-order valence-electron chi connectivity index (χ4n) is 1.64. The molecule has 0 heterocycles. The first kappa shape index (κ1) is 14.2. The van der Waals surface area contributed by atoms with Gasteiger partial charge in [0.15, 0.2) is 0 Å². The average Bonchev–Trinajstić information content (AvgIpc) is 2.25. The van der Waals surface area contributed by atoms with Gasteiger partial charge in [0, 0.05) is 0 Å². The number of carbonyl (C=O) groups excluding carboxylic acids is 1. The van der Waals surface area contributed by atoms with Crippen molar-refractivity contribution >= 4 is 5.97 Å². The molecular formula is C12H22O3. The first-order chi connectivity index (χ1) is 7.05. The zero-order valence-electron chi connectivity index (χ0n) is 9.95. The minimum Gasteiger partial charge on any atom is -0.466 e. The molecule has 0 spiro atoms. The van der Waals surface area contributed by atoms with E-state index in [1.54, 1.807) is 6.92 Å². The summed E-state index contributed by atoms with van der Waals surface area (Å²) < 4.78 is 4.96. The Balaban J connectivity index is 4.76. The zero-order chi connectivity index (χ0) is 11.9. The standard InChI is InChI=1S/C12H22O3/c1-5-9-10(11(13)15-8-4)12(14,6-2)7-3/h6,10,14H,2,5,7-9H2,1,3-4H3. The van der Waals surface area contributed by atoms with Gasteiger partial charge in [-0.1, -0.05) is 26.3 Å². The number of aliphatic hydroxyl groups is 1. The summed E-state index contributed by atoms with van der Waals surface area (Å²) in [5.74, 6) is -0.825. The molecule has 0 aliphatic rings. The Bertz CT molecular complexity index is 213. The minimum absolute atomic E-state index is 0.330. The van der Waals surface area contributed by atoms with Gasteiger partial charge in [-0.05, 0) is 19.8 Å². The molecule has 0 aromatic carbocycles. The van der Waals surface area contributed by atoms with Gasteiger partial charge in [-0.3, -0.25) is 4.79 Å². The van der Waals surface area contributed by atoms with Gasteiger partial charge in [0.05, 0.1) is 18.1 Å². The summed E-state index contributed by atoms with van der Waals surface area (Å²) in [5.41, 5.74) is -1.14. The normalized spacial score (nSPS) is 16.5. The van der Waals surface area contributed by atoms with Crippen LogP contribution in [0.2, 0.25) is 0 Å².